The highest BCUT2D eigenvalue weighted by atomic mass is 16.5. The van der Waals surface area contributed by atoms with Crippen LogP contribution in [0.25, 0.3) is 0 Å². The van der Waals surface area contributed by atoms with Gasteiger partial charge in [-0.15, -0.1) is 0 Å². The second-order valence-corrected chi connectivity index (χ2v) is 9.40. The van der Waals surface area contributed by atoms with Gasteiger partial charge in [-0.1, -0.05) is 67.6 Å². The topological polar surface area (TPSA) is 21.7 Å². The third kappa shape index (κ3) is 5.42. The SMILES string of the molecule is CC[C@]1(N(C)CC[C@@H](Oc2ccccc2C)c2ccccc2)C[C@H]1Cc1ccc(OC)cc1. The number of rotatable bonds is 11. The summed E-state index contributed by atoms with van der Waals surface area (Å²) in [5, 5.41) is 0. The number of hydrogen-bond acceptors (Lipinski definition) is 3. The van der Waals surface area contributed by atoms with Crippen molar-refractivity contribution in [3.8, 4) is 11.5 Å². The Kier molecular flexibility index (Phi) is 7.39. The Hall–Kier alpha value is -2.78. The van der Waals surface area contributed by atoms with E-state index >= 15 is 0 Å². The van der Waals surface area contributed by atoms with Crippen molar-refractivity contribution in [2.45, 2.75) is 51.2 Å². The summed E-state index contributed by atoms with van der Waals surface area (Å²) in [6, 6.07) is 27.5. The second kappa shape index (κ2) is 10.4. The van der Waals surface area contributed by atoms with Crippen LogP contribution < -0.4 is 9.47 Å². The molecule has 1 aliphatic rings. The number of methoxy groups -OCH3 is 1. The summed E-state index contributed by atoms with van der Waals surface area (Å²) < 4.78 is 11.9. The summed E-state index contributed by atoms with van der Waals surface area (Å²) in [7, 11) is 4.02. The minimum Gasteiger partial charge on any atom is -0.497 e. The zero-order valence-corrected chi connectivity index (χ0v) is 20.5. The largest absolute Gasteiger partial charge is 0.497 e. The molecule has 3 atom stereocenters. The smallest absolute Gasteiger partial charge is 0.125 e. The van der Waals surface area contributed by atoms with Crippen LogP contribution in [0.3, 0.4) is 0 Å². The van der Waals surface area contributed by atoms with Gasteiger partial charge < -0.3 is 14.4 Å². The van der Waals surface area contributed by atoms with E-state index in [0.717, 1.165) is 30.9 Å². The summed E-state index contributed by atoms with van der Waals surface area (Å²) in [6.07, 6.45) is 4.58. The summed E-state index contributed by atoms with van der Waals surface area (Å²) in [5.41, 5.74) is 4.11. The molecule has 0 spiro atoms. The van der Waals surface area contributed by atoms with Crippen molar-refractivity contribution in [2.75, 3.05) is 20.7 Å². The van der Waals surface area contributed by atoms with Gasteiger partial charge in [-0.2, -0.15) is 0 Å². The number of aryl methyl sites for hydroxylation is 1. The van der Waals surface area contributed by atoms with Gasteiger partial charge >= 0.3 is 0 Å². The number of ether oxygens (including phenoxy) is 2. The van der Waals surface area contributed by atoms with Crippen molar-refractivity contribution < 1.29 is 9.47 Å². The fourth-order valence-electron chi connectivity index (χ4n) is 5.18. The van der Waals surface area contributed by atoms with Crippen molar-refractivity contribution in [2.24, 2.45) is 5.92 Å². The minimum atomic E-state index is 0.0439. The molecule has 1 saturated carbocycles. The quantitative estimate of drug-likeness (QED) is 0.323. The van der Waals surface area contributed by atoms with Crippen LogP contribution in [-0.2, 0) is 6.42 Å². The Labute approximate surface area is 199 Å². The molecule has 0 aromatic heterocycles. The van der Waals surface area contributed by atoms with Crippen LogP contribution in [0.1, 0.15) is 49.0 Å². The van der Waals surface area contributed by atoms with Crippen LogP contribution >= 0.6 is 0 Å². The van der Waals surface area contributed by atoms with Crippen molar-refractivity contribution in [3.63, 3.8) is 0 Å². The molecule has 1 aliphatic carbocycles. The number of benzene rings is 3. The second-order valence-electron chi connectivity index (χ2n) is 9.40. The average Bonchev–Trinajstić information content (AvgIpc) is 3.57. The molecule has 33 heavy (non-hydrogen) atoms. The van der Waals surface area contributed by atoms with Gasteiger partial charge in [0.25, 0.3) is 0 Å². The first-order chi connectivity index (χ1) is 16.1. The monoisotopic (exact) mass is 443 g/mol. The van der Waals surface area contributed by atoms with E-state index in [4.69, 9.17) is 9.47 Å². The zero-order chi connectivity index (χ0) is 23.3. The molecule has 3 nitrogen and oxygen atoms in total. The molecular weight excluding hydrogens is 406 g/mol. The fraction of sp³-hybridized carbons (Fsp3) is 0.400. The molecule has 0 amide bonds. The summed E-state index contributed by atoms with van der Waals surface area (Å²) >= 11 is 0. The number of nitrogens with zero attached hydrogens (tertiary/aromatic N) is 1. The van der Waals surface area contributed by atoms with Crippen LogP contribution in [0.4, 0.5) is 0 Å². The van der Waals surface area contributed by atoms with Crippen LogP contribution in [0.2, 0.25) is 0 Å². The Morgan fingerprint density at radius 2 is 1.67 bits per heavy atom. The molecule has 4 rings (SSSR count). The molecule has 0 unspecified atom stereocenters. The van der Waals surface area contributed by atoms with Gasteiger partial charge in [0, 0.05) is 18.5 Å². The lowest BCUT2D eigenvalue weighted by molar-refractivity contribution is 0.139. The van der Waals surface area contributed by atoms with Crippen LogP contribution in [-0.4, -0.2) is 31.1 Å². The highest BCUT2D eigenvalue weighted by molar-refractivity contribution is 5.33. The summed E-state index contributed by atoms with van der Waals surface area (Å²) in [5.74, 6) is 2.60. The van der Waals surface area contributed by atoms with E-state index in [1.54, 1.807) is 7.11 Å². The molecule has 3 aromatic carbocycles. The Balaban J connectivity index is 1.41. The average molecular weight is 444 g/mol. The third-order valence-corrected chi connectivity index (χ3v) is 7.47. The van der Waals surface area contributed by atoms with E-state index in [2.05, 4.69) is 105 Å². The van der Waals surface area contributed by atoms with Crippen LogP contribution in [0.15, 0.2) is 78.9 Å². The first-order valence-electron chi connectivity index (χ1n) is 12.2. The Morgan fingerprint density at radius 1 is 0.970 bits per heavy atom. The molecule has 0 N–H and O–H groups in total. The van der Waals surface area contributed by atoms with Gasteiger partial charge in [-0.25, -0.2) is 0 Å². The molecule has 0 saturated heterocycles. The number of para-hydroxylation sites is 1. The molecule has 0 bridgehead atoms. The molecular formula is C30H37NO2. The van der Waals surface area contributed by atoms with E-state index in [9.17, 15) is 0 Å². The predicted octanol–water partition coefficient (Wildman–Crippen LogP) is 6.86. The standard InChI is InChI=1S/C30H37NO2/c1-5-30(22-26(30)21-24-15-17-27(32-4)18-16-24)31(3)20-19-29(25-12-7-6-8-13-25)33-28-14-10-9-11-23(28)2/h6-18,26,29H,5,19-22H2,1-4H3/t26-,29-,30+/m1/s1. The lowest BCUT2D eigenvalue weighted by Gasteiger charge is -2.31. The molecule has 3 aromatic rings. The highest BCUT2D eigenvalue weighted by Crippen LogP contribution is 2.52. The van der Waals surface area contributed by atoms with E-state index < -0.39 is 0 Å². The van der Waals surface area contributed by atoms with Crippen molar-refractivity contribution in [1.29, 1.82) is 0 Å². The predicted molar refractivity (Wildman–Crippen MR) is 136 cm³/mol. The normalized spacial score (nSPS) is 20.5. The van der Waals surface area contributed by atoms with Gasteiger partial charge in [0.15, 0.2) is 0 Å². The van der Waals surface area contributed by atoms with Gasteiger partial charge in [-0.05, 0) is 74.0 Å². The van der Waals surface area contributed by atoms with Gasteiger partial charge in [0.1, 0.15) is 17.6 Å². The van der Waals surface area contributed by atoms with E-state index in [1.807, 2.05) is 0 Å². The molecule has 0 heterocycles. The third-order valence-electron chi connectivity index (χ3n) is 7.47. The maximum absolute atomic E-state index is 6.55. The Bertz CT molecular complexity index is 1020. The van der Waals surface area contributed by atoms with Crippen molar-refractivity contribution in [3.05, 3.63) is 95.6 Å². The highest BCUT2D eigenvalue weighted by Gasteiger charge is 2.54. The lowest BCUT2D eigenvalue weighted by atomic mass is 10.0. The molecule has 0 radical (unpaired) electrons. The minimum absolute atomic E-state index is 0.0439. The maximum Gasteiger partial charge on any atom is 0.125 e. The lowest BCUT2D eigenvalue weighted by Crippen LogP contribution is -2.37. The summed E-state index contributed by atoms with van der Waals surface area (Å²) in [4.78, 5) is 2.60. The molecule has 174 valence electrons. The van der Waals surface area contributed by atoms with Crippen molar-refractivity contribution >= 4 is 0 Å². The van der Waals surface area contributed by atoms with Crippen LogP contribution in [0, 0.1) is 12.8 Å². The van der Waals surface area contributed by atoms with Gasteiger partial charge in [0.05, 0.1) is 7.11 Å². The van der Waals surface area contributed by atoms with E-state index in [0.29, 0.717) is 11.5 Å². The maximum atomic E-state index is 6.55. The van der Waals surface area contributed by atoms with Gasteiger partial charge in [0.2, 0.25) is 0 Å². The van der Waals surface area contributed by atoms with E-state index in [-0.39, 0.29) is 6.10 Å². The zero-order valence-electron chi connectivity index (χ0n) is 20.5. The number of hydrogen-bond donors (Lipinski definition) is 0. The van der Waals surface area contributed by atoms with E-state index in [1.165, 1.54) is 29.5 Å². The van der Waals surface area contributed by atoms with Crippen molar-refractivity contribution in [1.82, 2.24) is 4.90 Å². The molecule has 1 fully saturated rings. The molecule has 0 aliphatic heterocycles. The summed E-state index contributed by atoms with van der Waals surface area (Å²) in [6.45, 7) is 5.46. The van der Waals surface area contributed by atoms with Gasteiger partial charge in [-0.3, -0.25) is 0 Å². The fourth-order valence-corrected chi connectivity index (χ4v) is 5.18. The van der Waals surface area contributed by atoms with Crippen LogP contribution in [0.5, 0.6) is 11.5 Å². The first-order valence-corrected chi connectivity index (χ1v) is 12.2. The first kappa shape index (κ1) is 23.4. The molecule has 3 heteroatoms. The Morgan fingerprint density at radius 3 is 2.33 bits per heavy atom.